The van der Waals surface area contributed by atoms with Crippen molar-refractivity contribution in [2.24, 2.45) is 0 Å². The Balaban J connectivity index is 2.38. The van der Waals surface area contributed by atoms with Crippen LogP contribution in [-0.2, 0) is 6.42 Å². The summed E-state index contributed by atoms with van der Waals surface area (Å²) in [6.45, 7) is 0. The molecule has 1 atom stereocenters. The molecule has 0 N–H and O–H groups in total. The van der Waals surface area contributed by atoms with Crippen molar-refractivity contribution in [3.63, 3.8) is 0 Å². The van der Waals surface area contributed by atoms with Crippen molar-refractivity contribution in [1.29, 1.82) is 0 Å². The summed E-state index contributed by atoms with van der Waals surface area (Å²) in [5.74, 6) is 0.259. The SMILES string of the molecule is [B]C1CCc2c1sc1ncccc21. The van der Waals surface area contributed by atoms with Gasteiger partial charge in [-0.3, -0.25) is 0 Å². The highest BCUT2D eigenvalue weighted by Crippen LogP contribution is 2.41. The number of hydrogen-bond acceptors (Lipinski definition) is 2. The summed E-state index contributed by atoms with van der Waals surface area (Å²) in [5, 5.41) is 1.32. The Kier molecular flexibility index (Phi) is 1.50. The second kappa shape index (κ2) is 2.58. The molecule has 2 radical (unpaired) electrons. The molecule has 2 heterocycles. The molecule has 0 aromatic carbocycles. The first kappa shape index (κ1) is 7.57. The van der Waals surface area contributed by atoms with Gasteiger partial charge < -0.3 is 0 Å². The van der Waals surface area contributed by atoms with Gasteiger partial charge in [-0.25, -0.2) is 4.98 Å². The van der Waals surface area contributed by atoms with E-state index < -0.39 is 0 Å². The molecular weight excluding hydrogens is 177 g/mol. The molecule has 0 amide bonds. The highest BCUT2D eigenvalue weighted by molar-refractivity contribution is 7.19. The Morgan fingerprint density at radius 1 is 1.54 bits per heavy atom. The van der Waals surface area contributed by atoms with Crippen LogP contribution >= 0.6 is 11.3 Å². The smallest absolute Gasteiger partial charge is 0.123 e. The third kappa shape index (κ3) is 0.968. The molecule has 62 valence electrons. The zero-order valence-corrected chi connectivity index (χ0v) is 7.97. The van der Waals surface area contributed by atoms with Crippen LogP contribution in [0.25, 0.3) is 10.2 Å². The normalized spacial score (nSPS) is 20.8. The van der Waals surface area contributed by atoms with E-state index >= 15 is 0 Å². The number of hydrogen-bond donors (Lipinski definition) is 0. The van der Waals surface area contributed by atoms with Gasteiger partial charge in [0, 0.05) is 16.5 Å². The number of nitrogens with zero attached hydrogens (tertiary/aromatic N) is 1. The minimum atomic E-state index is 0.259. The third-order valence-corrected chi connectivity index (χ3v) is 3.93. The predicted molar refractivity (Wildman–Crippen MR) is 56.4 cm³/mol. The lowest BCUT2D eigenvalue weighted by Crippen LogP contribution is -1.86. The summed E-state index contributed by atoms with van der Waals surface area (Å²) in [4.78, 5) is 6.84. The zero-order chi connectivity index (χ0) is 8.84. The highest BCUT2D eigenvalue weighted by Gasteiger charge is 2.23. The largest absolute Gasteiger partial charge is 0.245 e. The van der Waals surface area contributed by atoms with Crippen LogP contribution in [-0.4, -0.2) is 12.8 Å². The summed E-state index contributed by atoms with van der Waals surface area (Å²) in [5.41, 5.74) is 1.45. The van der Waals surface area contributed by atoms with Crippen LogP contribution in [0, 0.1) is 0 Å². The van der Waals surface area contributed by atoms with Gasteiger partial charge in [0.05, 0.1) is 7.85 Å². The maximum Gasteiger partial charge on any atom is 0.123 e. The maximum atomic E-state index is 5.99. The van der Waals surface area contributed by atoms with Gasteiger partial charge >= 0.3 is 0 Å². The molecule has 0 saturated carbocycles. The monoisotopic (exact) mass is 185 g/mol. The molecule has 0 saturated heterocycles. The fourth-order valence-electron chi connectivity index (χ4n) is 1.99. The van der Waals surface area contributed by atoms with Crippen molar-refractivity contribution in [2.75, 3.05) is 0 Å². The summed E-state index contributed by atoms with van der Waals surface area (Å²) < 4.78 is 0. The Bertz CT molecular complexity index is 463. The minimum absolute atomic E-state index is 0.259. The van der Waals surface area contributed by atoms with E-state index in [-0.39, 0.29) is 5.82 Å². The van der Waals surface area contributed by atoms with E-state index in [9.17, 15) is 0 Å². The van der Waals surface area contributed by atoms with Gasteiger partial charge in [0.15, 0.2) is 0 Å². The molecule has 1 aliphatic carbocycles. The summed E-state index contributed by atoms with van der Waals surface area (Å²) in [6.07, 6.45) is 4.08. The fraction of sp³-hybridized carbons (Fsp3) is 0.300. The van der Waals surface area contributed by atoms with Gasteiger partial charge in [-0.05, 0) is 30.3 Å². The van der Waals surface area contributed by atoms with Crippen LogP contribution in [0.4, 0.5) is 0 Å². The van der Waals surface area contributed by atoms with Gasteiger partial charge in [0.1, 0.15) is 4.83 Å². The van der Waals surface area contributed by atoms with E-state index in [1.165, 1.54) is 15.8 Å². The van der Waals surface area contributed by atoms with E-state index in [0.717, 1.165) is 17.7 Å². The van der Waals surface area contributed by atoms with Gasteiger partial charge in [0.25, 0.3) is 0 Å². The highest BCUT2D eigenvalue weighted by atomic mass is 32.1. The van der Waals surface area contributed by atoms with E-state index in [1.54, 1.807) is 11.3 Å². The minimum Gasteiger partial charge on any atom is -0.245 e. The van der Waals surface area contributed by atoms with Crippen LogP contribution in [0.15, 0.2) is 18.3 Å². The molecule has 3 rings (SSSR count). The van der Waals surface area contributed by atoms with E-state index in [2.05, 4.69) is 11.1 Å². The van der Waals surface area contributed by atoms with Crippen LogP contribution in [0.2, 0.25) is 0 Å². The molecule has 0 aliphatic heterocycles. The number of pyridine rings is 1. The molecule has 0 spiro atoms. The lowest BCUT2D eigenvalue weighted by atomic mass is 9.87. The van der Waals surface area contributed by atoms with Crippen LogP contribution in [0.3, 0.4) is 0 Å². The number of aromatic nitrogens is 1. The van der Waals surface area contributed by atoms with Crippen molar-refractivity contribution in [1.82, 2.24) is 4.98 Å². The van der Waals surface area contributed by atoms with Gasteiger partial charge in [0.2, 0.25) is 0 Å². The first-order valence-corrected chi connectivity index (χ1v) is 5.30. The molecule has 1 unspecified atom stereocenters. The second-order valence-corrected chi connectivity index (χ2v) is 4.48. The first-order valence-electron chi connectivity index (χ1n) is 4.48. The van der Waals surface area contributed by atoms with Gasteiger partial charge in [-0.2, -0.15) is 0 Å². The van der Waals surface area contributed by atoms with E-state index in [0.29, 0.717) is 0 Å². The van der Waals surface area contributed by atoms with Crippen molar-refractivity contribution in [3.8, 4) is 0 Å². The summed E-state index contributed by atoms with van der Waals surface area (Å²) >= 11 is 1.76. The van der Waals surface area contributed by atoms with Crippen LogP contribution < -0.4 is 0 Å². The molecule has 3 heteroatoms. The molecule has 2 aromatic rings. The summed E-state index contributed by atoms with van der Waals surface area (Å²) in [7, 11) is 5.99. The van der Waals surface area contributed by atoms with Gasteiger partial charge in [-0.1, -0.05) is 6.07 Å². The Labute approximate surface area is 82.2 Å². The maximum absolute atomic E-state index is 5.99. The Morgan fingerprint density at radius 2 is 2.46 bits per heavy atom. The summed E-state index contributed by atoms with van der Waals surface area (Å²) in [6, 6.07) is 4.15. The number of rotatable bonds is 0. The average Bonchev–Trinajstić information content (AvgIpc) is 2.67. The third-order valence-electron chi connectivity index (χ3n) is 2.64. The molecule has 1 nitrogen and oxygen atoms in total. The first-order chi connectivity index (χ1) is 6.36. The molecule has 2 aromatic heterocycles. The lowest BCUT2D eigenvalue weighted by molar-refractivity contribution is 0.887. The zero-order valence-electron chi connectivity index (χ0n) is 7.16. The fourth-order valence-corrected chi connectivity index (χ4v) is 3.22. The van der Waals surface area contributed by atoms with Crippen molar-refractivity contribution < 1.29 is 0 Å². The molecule has 0 fully saturated rings. The molecule has 0 bridgehead atoms. The number of thiophene rings is 1. The lowest BCUT2D eigenvalue weighted by Gasteiger charge is -1.96. The van der Waals surface area contributed by atoms with Gasteiger partial charge in [-0.15, -0.1) is 11.3 Å². The Hall–Kier alpha value is -0.825. The predicted octanol–water partition coefficient (Wildman–Crippen LogP) is 2.45. The van der Waals surface area contributed by atoms with Crippen molar-refractivity contribution in [2.45, 2.75) is 18.7 Å². The van der Waals surface area contributed by atoms with Crippen molar-refractivity contribution in [3.05, 3.63) is 28.8 Å². The molecule has 1 aliphatic rings. The number of fused-ring (bicyclic) bond motifs is 3. The van der Waals surface area contributed by atoms with E-state index in [1.807, 2.05) is 12.3 Å². The standard InChI is InChI=1S/C10H8BNS/c11-8-4-3-6-7-2-1-5-12-10(7)13-9(6)8/h1-2,5,8H,3-4H2. The average molecular weight is 185 g/mol. The van der Waals surface area contributed by atoms with E-state index in [4.69, 9.17) is 7.85 Å². The second-order valence-electron chi connectivity index (χ2n) is 3.45. The number of aryl methyl sites for hydroxylation is 1. The van der Waals surface area contributed by atoms with Crippen LogP contribution in [0.5, 0.6) is 0 Å². The van der Waals surface area contributed by atoms with Crippen LogP contribution in [0.1, 0.15) is 22.7 Å². The Morgan fingerprint density at radius 3 is 3.38 bits per heavy atom. The van der Waals surface area contributed by atoms with Crippen molar-refractivity contribution >= 4 is 29.4 Å². The molecule has 13 heavy (non-hydrogen) atoms. The molecular formula is C10H8BNS. The quantitative estimate of drug-likeness (QED) is 0.574. The topological polar surface area (TPSA) is 12.9 Å².